The fraction of sp³-hybridized carbons (Fsp3) is 0.917. The van der Waals surface area contributed by atoms with E-state index < -0.39 is 0 Å². The van der Waals surface area contributed by atoms with Crippen molar-refractivity contribution in [2.45, 2.75) is 47.1 Å². The standard InChI is InChI=1S/C12H26N2O/c1-9(2)7-10(13)11(15)14(6)8-12(3,4)5/h9-10H,7-8,13H2,1-6H3/t10-/m1/s1. The Labute approximate surface area is 94.0 Å². The van der Waals surface area contributed by atoms with Gasteiger partial charge in [-0.3, -0.25) is 4.79 Å². The third kappa shape index (κ3) is 6.50. The molecule has 0 bridgehead atoms. The van der Waals surface area contributed by atoms with Crippen LogP contribution in [-0.2, 0) is 4.79 Å². The molecular weight excluding hydrogens is 188 g/mol. The first-order valence-corrected chi connectivity index (χ1v) is 5.64. The van der Waals surface area contributed by atoms with Crippen LogP contribution in [0.5, 0.6) is 0 Å². The third-order valence-electron chi connectivity index (χ3n) is 2.13. The number of hydrogen-bond acceptors (Lipinski definition) is 2. The van der Waals surface area contributed by atoms with Crippen LogP contribution in [-0.4, -0.2) is 30.4 Å². The lowest BCUT2D eigenvalue weighted by Gasteiger charge is -2.29. The van der Waals surface area contributed by atoms with Gasteiger partial charge in [-0.25, -0.2) is 0 Å². The molecule has 90 valence electrons. The molecule has 0 radical (unpaired) electrons. The monoisotopic (exact) mass is 214 g/mol. The molecule has 0 aliphatic heterocycles. The van der Waals surface area contributed by atoms with Gasteiger partial charge in [0.2, 0.25) is 5.91 Å². The highest BCUT2D eigenvalue weighted by Crippen LogP contribution is 2.15. The molecule has 3 heteroatoms. The molecule has 0 aromatic heterocycles. The Kier molecular flexibility index (Phi) is 5.29. The van der Waals surface area contributed by atoms with Crippen LogP contribution in [0.2, 0.25) is 0 Å². The van der Waals surface area contributed by atoms with Crippen LogP contribution in [0.25, 0.3) is 0 Å². The summed E-state index contributed by atoms with van der Waals surface area (Å²) in [6, 6.07) is -0.350. The van der Waals surface area contributed by atoms with E-state index >= 15 is 0 Å². The minimum atomic E-state index is -0.350. The van der Waals surface area contributed by atoms with Crippen molar-refractivity contribution >= 4 is 5.91 Å². The Morgan fingerprint density at radius 2 is 1.80 bits per heavy atom. The quantitative estimate of drug-likeness (QED) is 0.776. The summed E-state index contributed by atoms with van der Waals surface area (Å²) in [4.78, 5) is 13.6. The third-order valence-corrected chi connectivity index (χ3v) is 2.13. The number of nitrogens with two attached hydrogens (primary N) is 1. The van der Waals surface area contributed by atoms with E-state index in [0.717, 1.165) is 13.0 Å². The van der Waals surface area contributed by atoms with Gasteiger partial charge in [-0.2, -0.15) is 0 Å². The molecule has 1 amide bonds. The van der Waals surface area contributed by atoms with E-state index in [9.17, 15) is 4.79 Å². The maximum absolute atomic E-state index is 11.9. The number of likely N-dealkylation sites (N-methyl/N-ethyl adjacent to an activating group) is 1. The van der Waals surface area contributed by atoms with Crippen LogP contribution in [0.15, 0.2) is 0 Å². The summed E-state index contributed by atoms with van der Waals surface area (Å²) in [6.45, 7) is 11.3. The molecule has 0 aliphatic rings. The molecule has 0 aliphatic carbocycles. The van der Waals surface area contributed by atoms with Gasteiger partial charge in [-0.05, 0) is 17.8 Å². The van der Waals surface area contributed by atoms with Crippen LogP contribution in [0, 0.1) is 11.3 Å². The number of rotatable bonds is 4. The number of nitrogens with zero attached hydrogens (tertiary/aromatic N) is 1. The highest BCUT2D eigenvalue weighted by molar-refractivity contribution is 5.81. The van der Waals surface area contributed by atoms with Crippen LogP contribution in [0.4, 0.5) is 0 Å². The van der Waals surface area contributed by atoms with Gasteiger partial charge < -0.3 is 10.6 Å². The molecule has 0 fully saturated rings. The van der Waals surface area contributed by atoms with Crippen LogP contribution in [0.3, 0.4) is 0 Å². The van der Waals surface area contributed by atoms with E-state index in [1.165, 1.54) is 0 Å². The number of hydrogen-bond donors (Lipinski definition) is 1. The average Bonchev–Trinajstić information content (AvgIpc) is 1.98. The highest BCUT2D eigenvalue weighted by Gasteiger charge is 2.22. The Hall–Kier alpha value is -0.570. The number of carbonyl (C=O) groups excluding carboxylic acids is 1. The molecule has 0 saturated carbocycles. The minimum absolute atomic E-state index is 0.0543. The molecular formula is C12H26N2O. The predicted octanol–water partition coefficient (Wildman–Crippen LogP) is 1.86. The summed E-state index contributed by atoms with van der Waals surface area (Å²) in [5, 5.41) is 0. The maximum atomic E-state index is 11.9. The Bertz CT molecular complexity index is 206. The first-order valence-electron chi connectivity index (χ1n) is 5.64. The molecule has 3 nitrogen and oxygen atoms in total. The molecule has 0 unspecified atom stereocenters. The zero-order chi connectivity index (χ0) is 12.2. The molecule has 0 aromatic rings. The van der Waals surface area contributed by atoms with Crippen molar-refractivity contribution in [3.63, 3.8) is 0 Å². The van der Waals surface area contributed by atoms with Crippen molar-refractivity contribution in [3.8, 4) is 0 Å². The van der Waals surface area contributed by atoms with Gasteiger partial charge in [0.05, 0.1) is 6.04 Å². The molecule has 0 spiro atoms. The molecule has 15 heavy (non-hydrogen) atoms. The topological polar surface area (TPSA) is 46.3 Å². The van der Waals surface area contributed by atoms with Gasteiger partial charge in [-0.1, -0.05) is 34.6 Å². The number of carbonyl (C=O) groups is 1. The Balaban J connectivity index is 4.20. The lowest BCUT2D eigenvalue weighted by Crippen LogP contribution is -2.45. The second kappa shape index (κ2) is 5.50. The van der Waals surface area contributed by atoms with Crippen LogP contribution >= 0.6 is 0 Å². The Morgan fingerprint density at radius 3 is 2.13 bits per heavy atom. The van der Waals surface area contributed by atoms with Gasteiger partial charge in [-0.15, -0.1) is 0 Å². The summed E-state index contributed by atoms with van der Waals surface area (Å²) >= 11 is 0. The molecule has 0 saturated heterocycles. The van der Waals surface area contributed by atoms with Crippen molar-refractivity contribution in [2.24, 2.45) is 17.1 Å². The summed E-state index contributed by atoms with van der Waals surface area (Å²) in [5.74, 6) is 0.519. The average molecular weight is 214 g/mol. The van der Waals surface area contributed by atoms with Crippen LogP contribution < -0.4 is 5.73 Å². The molecule has 1 atom stereocenters. The van der Waals surface area contributed by atoms with Gasteiger partial charge in [0.15, 0.2) is 0 Å². The summed E-state index contributed by atoms with van der Waals surface area (Å²) in [7, 11) is 1.83. The normalized spacial score (nSPS) is 14.1. The second-order valence-electron chi connectivity index (χ2n) is 5.99. The lowest BCUT2D eigenvalue weighted by molar-refractivity contribution is -0.132. The van der Waals surface area contributed by atoms with Gasteiger partial charge in [0.25, 0.3) is 0 Å². The first-order chi connectivity index (χ1) is 6.63. The summed E-state index contributed by atoms with van der Waals surface area (Å²) < 4.78 is 0. The summed E-state index contributed by atoms with van der Waals surface area (Å²) in [6.07, 6.45) is 0.757. The fourth-order valence-electron chi connectivity index (χ4n) is 1.68. The zero-order valence-corrected chi connectivity index (χ0v) is 11.0. The molecule has 0 heterocycles. The minimum Gasteiger partial charge on any atom is -0.344 e. The van der Waals surface area contributed by atoms with E-state index in [1.54, 1.807) is 4.90 Å². The molecule has 2 N–H and O–H groups in total. The SMILES string of the molecule is CC(C)C[C@@H](N)C(=O)N(C)CC(C)(C)C. The fourth-order valence-corrected chi connectivity index (χ4v) is 1.68. The van der Waals surface area contributed by atoms with Gasteiger partial charge >= 0.3 is 0 Å². The highest BCUT2D eigenvalue weighted by atomic mass is 16.2. The molecule has 0 rings (SSSR count). The lowest BCUT2D eigenvalue weighted by atomic mass is 9.95. The van der Waals surface area contributed by atoms with E-state index in [0.29, 0.717) is 5.92 Å². The first kappa shape index (κ1) is 14.4. The van der Waals surface area contributed by atoms with Crippen molar-refractivity contribution in [1.82, 2.24) is 4.90 Å². The van der Waals surface area contributed by atoms with E-state index in [1.807, 2.05) is 7.05 Å². The zero-order valence-electron chi connectivity index (χ0n) is 11.0. The van der Waals surface area contributed by atoms with E-state index in [2.05, 4.69) is 34.6 Å². The van der Waals surface area contributed by atoms with Crippen molar-refractivity contribution < 1.29 is 4.79 Å². The molecule has 0 aromatic carbocycles. The predicted molar refractivity (Wildman–Crippen MR) is 64.5 cm³/mol. The van der Waals surface area contributed by atoms with E-state index in [4.69, 9.17) is 5.73 Å². The van der Waals surface area contributed by atoms with Gasteiger partial charge in [0, 0.05) is 13.6 Å². The smallest absolute Gasteiger partial charge is 0.239 e. The van der Waals surface area contributed by atoms with Crippen molar-refractivity contribution in [1.29, 1.82) is 0 Å². The Morgan fingerprint density at radius 1 is 1.33 bits per heavy atom. The number of amides is 1. The van der Waals surface area contributed by atoms with E-state index in [-0.39, 0.29) is 17.4 Å². The summed E-state index contributed by atoms with van der Waals surface area (Å²) in [5.41, 5.74) is 5.97. The maximum Gasteiger partial charge on any atom is 0.239 e. The largest absolute Gasteiger partial charge is 0.344 e. The van der Waals surface area contributed by atoms with Crippen LogP contribution in [0.1, 0.15) is 41.0 Å². The van der Waals surface area contributed by atoms with Gasteiger partial charge in [0.1, 0.15) is 0 Å². The second-order valence-corrected chi connectivity index (χ2v) is 5.99. The van der Waals surface area contributed by atoms with Crippen molar-refractivity contribution in [2.75, 3.05) is 13.6 Å². The van der Waals surface area contributed by atoms with Crippen molar-refractivity contribution in [3.05, 3.63) is 0 Å².